The molecule has 0 atom stereocenters. The molecule has 0 unspecified atom stereocenters. The van der Waals surface area contributed by atoms with Crippen LogP contribution in [0.1, 0.15) is 11.3 Å². The molecule has 0 saturated heterocycles. The molecule has 1 radical (unpaired) electrons. The van der Waals surface area contributed by atoms with Crippen LogP contribution in [0.15, 0.2) is 54.6 Å². The molecular formula is C15H12NO. The third kappa shape index (κ3) is 1.89. The lowest BCUT2D eigenvalue weighted by molar-refractivity contribution is 0.481. The van der Waals surface area contributed by atoms with Crippen LogP contribution in [-0.2, 0) is 0 Å². The predicted molar refractivity (Wildman–Crippen MR) is 68.9 cm³/mol. The fraction of sp³-hybridized carbons (Fsp3) is 0. The number of phenolic OH excluding ortho intramolecular Hbond substituents is 1. The van der Waals surface area contributed by atoms with Crippen LogP contribution < -0.4 is 0 Å². The van der Waals surface area contributed by atoms with Gasteiger partial charge in [-0.15, -0.1) is 0 Å². The van der Waals surface area contributed by atoms with Gasteiger partial charge in [0.05, 0.1) is 0 Å². The Morgan fingerprint density at radius 1 is 0.941 bits per heavy atom. The van der Waals surface area contributed by atoms with E-state index in [0.29, 0.717) is 5.75 Å². The van der Waals surface area contributed by atoms with E-state index in [1.165, 1.54) is 0 Å². The van der Waals surface area contributed by atoms with Crippen molar-refractivity contribution in [2.75, 3.05) is 0 Å². The maximum absolute atomic E-state index is 9.72. The monoisotopic (exact) mass is 222 g/mol. The van der Waals surface area contributed by atoms with Crippen molar-refractivity contribution in [2.24, 2.45) is 0 Å². The summed E-state index contributed by atoms with van der Waals surface area (Å²) in [6.45, 7) is 0. The highest BCUT2D eigenvalue weighted by atomic mass is 16.3. The molecule has 2 nitrogen and oxygen atoms in total. The molecule has 2 N–H and O–H groups in total. The van der Waals surface area contributed by atoms with E-state index in [4.69, 9.17) is 0 Å². The Hall–Kier alpha value is -2.22. The highest BCUT2D eigenvalue weighted by molar-refractivity contribution is 5.86. The molecule has 2 aromatic carbocycles. The van der Waals surface area contributed by atoms with Gasteiger partial charge < -0.3 is 10.1 Å². The van der Waals surface area contributed by atoms with E-state index < -0.39 is 0 Å². The first-order valence-electron chi connectivity index (χ1n) is 5.53. The summed E-state index contributed by atoms with van der Waals surface area (Å²) in [5, 5.41) is 10.6. The van der Waals surface area contributed by atoms with Crippen molar-refractivity contribution >= 4 is 10.9 Å². The number of H-pyrrole nitrogens is 1. The van der Waals surface area contributed by atoms with Gasteiger partial charge in [-0.1, -0.05) is 36.4 Å². The molecule has 0 fully saturated rings. The molecule has 0 aliphatic rings. The van der Waals surface area contributed by atoms with Gasteiger partial charge in [-0.2, -0.15) is 0 Å². The van der Waals surface area contributed by atoms with Crippen LogP contribution in [0, 0.1) is 6.42 Å². The number of hydrogen-bond acceptors (Lipinski definition) is 1. The van der Waals surface area contributed by atoms with Gasteiger partial charge in [0.15, 0.2) is 0 Å². The van der Waals surface area contributed by atoms with Crippen molar-refractivity contribution in [3.05, 3.63) is 72.3 Å². The zero-order valence-electron chi connectivity index (χ0n) is 9.22. The van der Waals surface area contributed by atoms with E-state index in [9.17, 15) is 5.11 Å². The highest BCUT2D eigenvalue weighted by Crippen LogP contribution is 2.26. The zero-order chi connectivity index (χ0) is 11.7. The molecule has 0 bridgehead atoms. The maximum atomic E-state index is 9.72. The van der Waals surface area contributed by atoms with Gasteiger partial charge in [-0.25, -0.2) is 0 Å². The van der Waals surface area contributed by atoms with Crippen LogP contribution in [0.2, 0.25) is 0 Å². The minimum Gasteiger partial charge on any atom is -0.507 e. The van der Waals surface area contributed by atoms with E-state index in [1.54, 1.807) is 6.07 Å². The van der Waals surface area contributed by atoms with Crippen molar-refractivity contribution < 1.29 is 5.11 Å². The van der Waals surface area contributed by atoms with Crippen molar-refractivity contribution in [3.8, 4) is 5.75 Å². The summed E-state index contributed by atoms with van der Waals surface area (Å²) in [5.74, 6) is 0.312. The molecule has 3 rings (SSSR count). The first-order valence-corrected chi connectivity index (χ1v) is 5.53. The quantitative estimate of drug-likeness (QED) is 0.684. The first-order chi connectivity index (χ1) is 8.33. The molecule has 1 aromatic heterocycles. The minimum atomic E-state index is 0.312. The van der Waals surface area contributed by atoms with Gasteiger partial charge in [-0.3, -0.25) is 0 Å². The second-order valence-corrected chi connectivity index (χ2v) is 4.02. The summed E-state index contributed by atoms with van der Waals surface area (Å²) in [6, 6.07) is 17.5. The summed E-state index contributed by atoms with van der Waals surface area (Å²) >= 11 is 0. The van der Waals surface area contributed by atoms with Crippen LogP contribution in [-0.4, -0.2) is 10.1 Å². The summed E-state index contributed by atoms with van der Waals surface area (Å²) in [7, 11) is 0. The van der Waals surface area contributed by atoms with E-state index in [2.05, 4.69) is 11.4 Å². The summed E-state index contributed by atoms with van der Waals surface area (Å²) in [6.07, 6.45) is 2.06. The molecule has 0 aliphatic carbocycles. The number of benzene rings is 2. The molecular weight excluding hydrogens is 210 g/mol. The SMILES string of the molecule is Oc1cccc2[nH]c([CH]c3ccccc3)cc12. The molecule has 0 amide bonds. The number of nitrogens with one attached hydrogen (secondary N) is 1. The lowest BCUT2D eigenvalue weighted by Gasteiger charge is -1.96. The number of aromatic hydroxyl groups is 1. The maximum Gasteiger partial charge on any atom is 0.124 e. The van der Waals surface area contributed by atoms with Gasteiger partial charge in [0.2, 0.25) is 0 Å². The second kappa shape index (κ2) is 3.98. The van der Waals surface area contributed by atoms with E-state index in [1.807, 2.05) is 48.5 Å². The summed E-state index contributed by atoms with van der Waals surface area (Å²) < 4.78 is 0. The number of aromatic amines is 1. The Morgan fingerprint density at radius 3 is 2.53 bits per heavy atom. The molecule has 0 saturated carbocycles. The molecule has 0 spiro atoms. The third-order valence-corrected chi connectivity index (χ3v) is 2.78. The van der Waals surface area contributed by atoms with Gasteiger partial charge >= 0.3 is 0 Å². The standard InChI is InChI=1S/C15H12NO/c17-15-8-4-7-14-13(15)10-12(16-14)9-11-5-2-1-3-6-11/h1-10,16-17H. The Bertz CT molecular complexity index is 640. The second-order valence-electron chi connectivity index (χ2n) is 4.02. The smallest absolute Gasteiger partial charge is 0.124 e. The van der Waals surface area contributed by atoms with Crippen molar-refractivity contribution in [1.29, 1.82) is 0 Å². The molecule has 3 aromatic rings. The lowest BCUT2D eigenvalue weighted by Crippen LogP contribution is -1.83. The molecule has 1 heterocycles. The highest BCUT2D eigenvalue weighted by Gasteiger charge is 2.04. The summed E-state index contributed by atoms with van der Waals surface area (Å²) in [5.41, 5.74) is 3.08. The van der Waals surface area contributed by atoms with E-state index in [0.717, 1.165) is 22.2 Å². The summed E-state index contributed by atoms with van der Waals surface area (Å²) in [4.78, 5) is 3.27. The number of hydrogen-bond donors (Lipinski definition) is 2. The zero-order valence-corrected chi connectivity index (χ0v) is 9.22. The van der Waals surface area contributed by atoms with Gasteiger partial charge in [-0.05, 0) is 23.8 Å². The number of phenols is 1. The Morgan fingerprint density at radius 2 is 1.76 bits per heavy atom. The molecule has 17 heavy (non-hydrogen) atoms. The third-order valence-electron chi connectivity index (χ3n) is 2.78. The average Bonchev–Trinajstić information content (AvgIpc) is 2.74. The Labute approximate surface area is 99.5 Å². The van der Waals surface area contributed by atoms with Crippen molar-refractivity contribution in [1.82, 2.24) is 4.98 Å². The number of fused-ring (bicyclic) bond motifs is 1. The van der Waals surface area contributed by atoms with Crippen LogP contribution in [0.3, 0.4) is 0 Å². The number of aromatic nitrogens is 1. The van der Waals surface area contributed by atoms with Crippen molar-refractivity contribution in [3.63, 3.8) is 0 Å². The van der Waals surface area contributed by atoms with Crippen LogP contribution in [0.5, 0.6) is 5.75 Å². The van der Waals surface area contributed by atoms with Crippen molar-refractivity contribution in [2.45, 2.75) is 0 Å². The largest absolute Gasteiger partial charge is 0.507 e. The first kappa shape index (κ1) is 9.97. The van der Waals surface area contributed by atoms with Gasteiger partial charge in [0.1, 0.15) is 5.75 Å². The van der Waals surface area contributed by atoms with Crippen LogP contribution >= 0.6 is 0 Å². The average molecular weight is 222 g/mol. The Balaban J connectivity index is 1.99. The van der Waals surface area contributed by atoms with E-state index >= 15 is 0 Å². The predicted octanol–water partition coefficient (Wildman–Crippen LogP) is 3.47. The molecule has 0 aliphatic heterocycles. The van der Waals surface area contributed by atoms with Crippen LogP contribution in [0.25, 0.3) is 10.9 Å². The van der Waals surface area contributed by atoms with E-state index in [-0.39, 0.29) is 0 Å². The minimum absolute atomic E-state index is 0.312. The fourth-order valence-electron chi connectivity index (χ4n) is 1.97. The lowest BCUT2D eigenvalue weighted by atomic mass is 10.1. The molecule has 83 valence electrons. The Kier molecular flexibility index (Phi) is 2.33. The fourth-order valence-corrected chi connectivity index (χ4v) is 1.97. The molecule has 2 heteroatoms. The van der Waals surface area contributed by atoms with Crippen LogP contribution in [0.4, 0.5) is 0 Å². The normalized spacial score (nSPS) is 10.8. The van der Waals surface area contributed by atoms with Gasteiger partial charge in [0, 0.05) is 23.0 Å². The van der Waals surface area contributed by atoms with Gasteiger partial charge in [0.25, 0.3) is 0 Å². The topological polar surface area (TPSA) is 36.0 Å². The number of rotatable bonds is 2.